The van der Waals surface area contributed by atoms with Gasteiger partial charge in [0.05, 0.1) is 17.4 Å². The second-order valence-corrected chi connectivity index (χ2v) is 12.4. The van der Waals surface area contributed by atoms with E-state index in [-0.39, 0.29) is 64.4 Å². The highest BCUT2D eigenvalue weighted by Crippen LogP contribution is 2.38. The van der Waals surface area contributed by atoms with Crippen molar-refractivity contribution in [2.45, 2.75) is 48.7 Å². The molecule has 5 rings (SSSR count). The molecule has 1 aliphatic carbocycles. The van der Waals surface area contributed by atoms with E-state index in [0.717, 1.165) is 4.90 Å². The van der Waals surface area contributed by atoms with Crippen LogP contribution in [-0.2, 0) is 21.0 Å². The number of carbonyl (C=O) groups excluding carboxylic acids is 1. The van der Waals surface area contributed by atoms with Crippen molar-refractivity contribution in [3.05, 3.63) is 23.5 Å². The Morgan fingerprint density at radius 1 is 1.12 bits per heavy atom. The van der Waals surface area contributed by atoms with Crippen molar-refractivity contribution in [1.29, 1.82) is 0 Å². The number of rotatable bonds is 6. The number of pyridine rings is 1. The van der Waals surface area contributed by atoms with E-state index in [2.05, 4.69) is 19.9 Å². The summed E-state index contributed by atoms with van der Waals surface area (Å²) in [6.45, 7) is 1.24. The van der Waals surface area contributed by atoms with Gasteiger partial charge in [-0.1, -0.05) is 11.3 Å². The standard InChI is InChI=1S/C21H21F6N7O4S2/c1-19(2-3-19)31-40(37,38)11-8-12(32-4-6-33(7-5-32)17(36)14(35)20(22,23)24)13-9-28-15(34(13)10-11)16-29-30-18(39-16)21(25,26)27/h8-10,14,31,35H,2-7H2,1H3. The van der Waals surface area contributed by atoms with Gasteiger partial charge in [-0.05, 0) is 25.8 Å². The molecule has 2 fully saturated rings. The maximum absolute atomic E-state index is 13.3. The van der Waals surface area contributed by atoms with Crippen molar-refractivity contribution in [1.82, 2.24) is 29.2 Å². The lowest BCUT2D eigenvalue weighted by Crippen LogP contribution is -2.54. The third kappa shape index (κ3) is 5.46. The summed E-state index contributed by atoms with van der Waals surface area (Å²) in [5, 5.41) is 14.6. The molecule has 19 heteroatoms. The number of nitrogens with zero attached hydrogens (tertiary/aromatic N) is 6. The number of imidazole rings is 1. The minimum Gasteiger partial charge on any atom is -0.376 e. The van der Waals surface area contributed by atoms with Gasteiger partial charge in [0, 0.05) is 37.9 Å². The maximum atomic E-state index is 13.3. The highest BCUT2D eigenvalue weighted by atomic mass is 32.2. The first-order chi connectivity index (χ1) is 18.5. The van der Waals surface area contributed by atoms with E-state index in [1.54, 1.807) is 11.8 Å². The Balaban J connectivity index is 1.52. The van der Waals surface area contributed by atoms with Gasteiger partial charge in [0.25, 0.3) is 5.91 Å². The van der Waals surface area contributed by atoms with Gasteiger partial charge in [-0.3, -0.25) is 9.20 Å². The Labute approximate surface area is 226 Å². The predicted molar refractivity (Wildman–Crippen MR) is 128 cm³/mol. The van der Waals surface area contributed by atoms with Crippen LogP contribution in [-0.4, -0.2) is 87.9 Å². The SMILES string of the molecule is CC1(NS(=O)(=O)c2cc(N3CCN(C(=O)C(O)C(F)(F)F)CC3)c3cnc(-c4nnc(C(F)(F)F)s4)n3c2)CC1. The second kappa shape index (κ2) is 9.52. The maximum Gasteiger partial charge on any atom is 0.445 e. The van der Waals surface area contributed by atoms with Crippen LogP contribution < -0.4 is 9.62 Å². The number of hydrogen-bond donors (Lipinski definition) is 2. The van der Waals surface area contributed by atoms with Crippen molar-refractivity contribution >= 4 is 38.5 Å². The number of amides is 1. The Morgan fingerprint density at radius 3 is 2.33 bits per heavy atom. The zero-order chi connectivity index (χ0) is 29.3. The number of aliphatic hydroxyl groups excluding tert-OH is 1. The van der Waals surface area contributed by atoms with Crippen molar-refractivity contribution in [2.75, 3.05) is 31.1 Å². The normalized spacial score (nSPS) is 18.8. The molecule has 1 atom stereocenters. The fraction of sp³-hybridized carbons (Fsp3) is 0.524. The van der Waals surface area contributed by atoms with Crippen LogP contribution in [0.2, 0.25) is 0 Å². The van der Waals surface area contributed by atoms with Gasteiger partial charge in [0.1, 0.15) is 4.90 Å². The van der Waals surface area contributed by atoms with Crippen LogP contribution in [0.15, 0.2) is 23.4 Å². The third-order valence-corrected chi connectivity index (χ3v) is 9.19. The fourth-order valence-electron chi connectivity index (χ4n) is 4.19. The molecule has 1 saturated heterocycles. The quantitative estimate of drug-likeness (QED) is 0.405. The molecule has 0 aromatic carbocycles. The molecule has 1 amide bonds. The first-order valence-corrected chi connectivity index (χ1v) is 14.0. The van der Waals surface area contributed by atoms with Crippen molar-refractivity contribution in [2.24, 2.45) is 0 Å². The van der Waals surface area contributed by atoms with Crippen LogP contribution in [0.4, 0.5) is 32.0 Å². The molecular formula is C21H21F6N7O4S2. The Morgan fingerprint density at radius 2 is 1.77 bits per heavy atom. The van der Waals surface area contributed by atoms with Crippen LogP contribution in [0.1, 0.15) is 24.8 Å². The number of alkyl halides is 6. The number of piperazine rings is 1. The number of fused-ring (bicyclic) bond motifs is 1. The first kappa shape index (κ1) is 28.5. The topological polar surface area (TPSA) is 133 Å². The number of sulfonamides is 1. The Kier molecular flexibility index (Phi) is 6.78. The monoisotopic (exact) mass is 613 g/mol. The number of aromatic nitrogens is 4. The van der Waals surface area contributed by atoms with E-state index in [1.165, 1.54) is 22.9 Å². The van der Waals surface area contributed by atoms with Crippen LogP contribution in [0.3, 0.4) is 0 Å². The summed E-state index contributed by atoms with van der Waals surface area (Å²) in [6.07, 6.45) is -9.31. The Hall–Kier alpha value is -3.03. The lowest BCUT2D eigenvalue weighted by Gasteiger charge is -2.37. The van der Waals surface area contributed by atoms with Crippen LogP contribution in [0.5, 0.6) is 0 Å². The van der Waals surface area contributed by atoms with E-state index in [1.807, 2.05) is 0 Å². The van der Waals surface area contributed by atoms with E-state index in [0.29, 0.717) is 12.8 Å². The molecule has 0 radical (unpaired) electrons. The molecule has 1 aliphatic heterocycles. The molecule has 2 N–H and O–H groups in total. The summed E-state index contributed by atoms with van der Waals surface area (Å²) in [4.78, 5) is 18.5. The van der Waals surface area contributed by atoms with E-state index in [9.17, 15) is 44.7 Å². The van der Waals surface area contributed by atoms with E-state index < -0.39 is 44.9 Å². The highest BCUT2D eigenvalue weighted by molar-refractivity contribution is 7.89. The number of nitrogens with one attached hydrogen (secondary N) is 1. The van der Waals surface area contributed by atoms with Gasteiger partial charge >= 0.3 is 12.4 Å². The molecule has 4 heterocycles. The zero-order valence-corrected chi connectivity index (χ0v) is 22.1. The minimum atomic E-state index is -5.13. The van der Waals surface area contributed by atoms with Crippen LogP contribution in [0.25, 0.3) is 16.3 Å². The number of anilines is 1. The smallest absolute Gasteiger partial charge is 0.376 e. The molecule has 3 aromatic heterocycles. The summed E-state index contributed by atoms with van der Waals surface area (Å²) in [5.74, 6) is -1.60. The van der Waals surface area contributed by atoms with Gasteiger partial charge in [-0.15, -0.1) is 10.2 Å². The van der Waals surface area contributed by atoms with Gasteiger partial charge in [-0.2, -0.15) is 26.3 Å². The largest absolute Gasteiger partial charge is 0.445 e. The average Bonchev–Trinajstić information content (AvgIpc) is 3.24. The zero-order valence-electron chi connectivity index (χ0n) is 20.5. The second-order valence-electron chi connectivity index (χ2n) is 9.73. The number of hydrogen-bond acceptors (Lipinski definition) is 9. The molecule has 2 aliphatic rings. The van der Waals surface area contributed by atoms with Crippen LogP contribution >= 0.6 is 11.3 Å². The number of carbonyl (C=O) groups is 1. The summed E-state index contributed by atoms with van der Waals surface area (Å²) in [5.41, 5.74) is -0.0882. The minimum absolute atomic E-state index is 0.0296. The number of aliphatic hydroxyl groups is 1. The molecule has 1 saturated carbocycles. The molecule has 11 nitrogen and oxygen atoms in total. The van der Waals surface area contributed by atoms with Crippen molar-refractivity contribution in [3.63, 3.8) is 0 Å². The summed E-state index contributed by atoms with van der Waals surface area (Å²) < 4.78 is 108. The van der Waals surface area contributed by atoms with Crippen molar-refractivity contribution < 1.29 is 44.7 Å². The van der Waals surface area contributed by atoms with Crippen LogP contribution in [0, 0.1) is 0 Å². The van der Waals surface area contributed by atoms with E-state index >= 15 is 0 Å². The molecule has 3 aromatic rings. The summed E-state index contributed by atoms with van der Waals surface area (Å²) in [7, 11) is -4.12. The molecular weight excluding hydrogens is 592 g/mol. The lowest BCUT2D eigenvalue weighted by molar-refractivity contribution is -0.210. The van der Waals surface area contributed by atoms with E-state index in [4.69, 9.17) is 0 Å². The van der Waals surface area contributed by atoms with Gasteiger partial charge in [0.15, 0.2) is 10.8 Å². The third-order valence-electron chi connectivity index (χ3n) is 6.62. The number of halogens is 6. The van der Waals surface area contributed by atoms with Gasteiger partial charge in [-0.25, -0.2) is 18.1 Å². The molecule has 218 valence electrons. The molecule has 0 bridgehead atoms. The predicted octanol–water partition coefficient (Wildman–Crippen LogP) is 2.27. The lowest BCUT2D eigenvalue weighted by atomic mass is 10.2. The fourth-order valence-corrected chi connectivity index (χ4v) is 6.38. The summed E-state index contributed by atoms with van der Waals surface area (Å²) >= 11 is 0.226. The summed E-state index contributed by atoms with van der Waals surface area (Å²) in [6, 6.07) is 1.33. The first-order valence-electron chi connectivity index (χ1n) is 11.7. The molecule has 0 spiro atoms. The average molecular weight is 614 g/mol. The van der Waals surface area contributed by atoms with Gasteiger partial charge in [0.2, 0.25) is 21.1 Å². The Bertz CT molecular complexity index is 1560. The van der Waals surface area contributed by atoms with Crippen molar-refractivity contribution in [3.8, 4) is 10.8 Å². The van der Waals surface area contributed by atoms with Gasteiger partial charge < -0.3 is 14.9 Å². The molecule has 40 heavy (non-hydrogen) atoms. The highest BCUT2D eigenvalue weighted by Gasteiger charge is 2.46. The molecule has 1 unspecified atom stereocenters.